The van der Waals surface area contributed by atoms with Gasteiger partial charge in [0.2, 0.25) is 0 Å². The van der Waals surface area contributed by atoms with Gasteiger partial charge in [0.25, 0.3) is 0 Å². The highest BCUT2D eigenvalue weighted by Crippen LogP contribution is 2.13. The molecule has 0 radical (unpaired) electrons. The molecule has 0 aromatic rings. The van der Waals surface area contributed by atoms with Gasteiger partial charge in [-0.25, -0.2) is 8.42 Å². The van der Waals surface area contributed by atoms with Gasteiger partial charge in [-0.3, -0.25) is 0 Å². The molecule has 0 aliphatic rings. The van der Waals surface area contributed by atoms with Crippen molar-refractivity contribution in [1.82, 2.24) is 0 Å². The van der Waals surface area contributed by atoms with Gasteiger partial charge in [-0.15, -0.1) is 6.58 Å². The molecular weight excluding hydrogens is 184 g/mol. The minimum absolute atomic E-state index is 0.361. The smallest absolute Gasteiger partial charge is 0.140 e. The third-order valence-corrected chi connectivity index (χ3v) is 3.07. The molecule has 0 amide bonds. The van der Waals surface area contributed by atoms with Crippen molar-refractivity contribution in [2.75, 3.05) is 5.75 Å². The molecule has 2 nitrogen and oxygen atoms in total. The summed E-state index contributed by atoms with van der Waals surface area (Å²) in [6.45, 7) is 5.70. The Morgan fingerprint density at radius 2 is 2.08 bits per heavy atom. The first kappa shape index (κ1) is 12.7. The van der Waals surface area contributed by atoms with Gasteiger partial charge in [-0.05, 0) is 25.2 Å². The lowest BCUT2D eigenvalue weighted by Crippen LogP contribution is -2.06. The van der Waals surface area contributed by atoms with E-state index in [4.69, 9.17) is 0 Å². The maximum atomic E-state index is 10.5. The van der Waals surface area contributed by atoms with Gasteiger partial charge < -0.3 is 0 Å². The number of hydrogen-bond donors (Lipinski definition) is 1. The molecule has 3 heteroatoms. The van der Waals surface area contributed by atoms with E-state index in [0.29, 0.717) is 11.7 Å². The zero-order chi connectivity index (χ0) is 10.1. The van der Waals surface area contributed by atoms with E-state index in [0.717, 1.165) is 32.1 Å². The SMILES string of the molecule is C=CCCCCC(CC)C[SH](=O)=O. The topological polar surface area (TPSA) is 34.1 Å². The molecule has 78 valence electrons. The molecular formula is C10H20O2S. The molecule has 0 N–H and O–H groups in total. The van der Waals surface area contributed by atoms with E-state index in [2.05, 4.69) is 13.5 Å². The number of rotatable bonds is 8. The molecule has 1 atom stereocenters. The minimum atomic E-state index is -2.19. The summed E-state index contributed by atoms with van der Waals surface area (Å²) in [6, 6.07) is 0. The van der Waals surface area contributed by atoms with E-state index >= 15 is 0 Å². The number of thiol groups is 1. The van der Waals surface area contributed by atoms with Gasteiger partial charge in [-0.1, -0.05) is 25.8 Å². The highest BCUT2D eigenvalue weighted by Gasteiger charge is 2.06. The lowest BCUT2D eigenvalue weighted by Gasteiger charge is -2.09. The molecule has 0 saturated carbocycles. The van der Waals surface area contributed by atoms with Crippen molar-refractivity contribution in [3.05, 3.63) is 12.7 Å². The van der Waals surface area contributed by atoms with Crippen LogP contribution in [-0.2, 0) is 10.7 Å². The molecule has 13 heavy (non-hydrogen) atoms. The zero-order valence-electron chi connectivity index (χ0n) is 8.37. The Morgan fingerprint density at radius 3 is 2.54 bits per heavy atom. The second-order valence-corrected chi connectivity index (χ2v) is 4.39. The summed E-state index contributed by atoms with van der Waals surface area (Å²) in [5, 5.41) is 0. The fourth-order valence-electron chi connectivity index (χ4n) is 1.36. The third kappa shape index (κ3) is 8.03. The molecule has 0 rings (SSSR count). The van der Waals surface area contributed by atoms with Gasteiger partial charge >= 0.3 is 0 Å². The van der Waals surface area contributed by atoms with Crippen LogP contribution in [0.3, 0.4) is 0 Å². The maximum absolute atomic E-state index is 10.5. The molecule has 0 aromatic heterocycles. The summed E-state index contributed by atoms with van der Waals surface area (Å²) in [4.78, 5) is 0. The number of hydrogen-bond acceptors (Lipinski definition) is 2. The van der Waals surface area contributed by atoms with Gasteiger partial charge in [0.1, 0.15) is 10.7 Å². The van der Waals surface area contributed by atoms with Crippen molar-refractivity contribution in [2.24, 2.45) is 5.92 Å². The summed E-state index contributed by atoms with van der Waals surface area (Å²) in [7, 11) is -2.19. The Labute approximate surface area is 83.0 Å². The maximum Gasteiger partial charge on any atom is 0.140 e. The average molecular weight is 204 g/mol. The monoisotopic (exact) mass is 204 g/mol. The van der Waals surface area contributed by atoms with Crippen molar-refractivity contribution in [3.63, 3.8) is 0 Å². The second kappa shape index (κ2) is 8.30. The Hall–Kier alpha value is -0.310. The van der Waals surface area contributed by atoms with Crippen molar-refractivity contribution >= 4 is 10.7 Å². The van der Waals surface area contributed by atoms with Crippen LogP contribution in [-0.4, -0.2) is 14.2 Å². The Morgan fingerprint density at radius 1 is 1.38 bits per heavy atom. The minimum Gasteiger partial charge on any atom is -0.232 e. The van der Waals surface area contributed by atoms with E-state index in [1.165, 1.54) is 0 Å². The van der Waals surface area contributed by atoms with Crippen LogP contribution in [0.5, 0.6) is 0 Å². The molecule has 0 saturated heterocycles. The van der Waals surface area contributed by atoms with Crippen LogP contribution in [0.25, 0.3) is 0 Å². The Kier molecular flexibility index (Phi) is 8.10. The quantitative estimate of drug-likeness (QED) is 0.374. The first-order chi connectivity index (χ1) is 6.20. The van der Waals surface area contributed by atoms with Gasteiger partial charge in [0.05, 0.1) is 5.75 Å². The first-order valence-electron chi connectivity index (χ1n) is 4.93. The molecule has 0 heterocycles. The molecule has 0 aromatic carbocycles. The Balaban J connectivity index is 3.53. The summed E-state index contributed by atoms with van der Waals surface area (Å²) < 4.78 is 21.0. The van der Waals surface area contributed by atoms with Gasteiger partial charge in [0, 0.05) is 0 Å². The first-order valence-corrected chi connectivity index (χ1v) is 6.29. The van der Waals surface area contributed by atoms with Crippen LogP contribution in [0.1, 0.15) is 39.0 Å². The fourth-order valence-corrected chi connectivity index (χ4v) is 2.22. The van der Waals surface area contributed by atoms with Crippen LogP contribution in [0.2, 0.25) is 0 Å². The summed E-state index contributed by atoms with van der Waals surface area (Å²) in [5.41, 5.74) is 0. The highest BCUT2D eigenvalue weighted by atomic mass is 32.2. The molecule has 0 spiro atoms. The lowest BCUT2D eigenvalue weighted by atomic mass is 10.0. The summed E-state index contributed by atoms with van der Waals surface area (Å²) in [5.74, 6) is 0.728. The Bertz CT molecular complexity index is 189. The van der Waals surface area contributed by atoms with Gasteiger partial charge in [-0.2, -0.15) is 0 Å². The molecule has 0 fully saturated rings. The molecule has 0 aliphatic heterocycles. The van der Waals surface area contributed by atoms with E-state index in [1.807, 2.05) is 6.08 Å². The third-order valence-electron chi connectivity index (χ3n) is 2.26. The lowest BCUT2D eigenvalue weighted by molar-refractivity contribution is 0.483. The summed E-state index contributed by atoms with van der Waals surface area (Å²) >= 11 is 0. The second-order valence-electron chi connectivity index (χ2n) is 3.36. The van der Waals surface area contributed by atoms with Gasteiger partial charge in [0.15, 0.2) is 0 Å². The molecule has 0 bridgehead atoms. The van der Waals surface area contributed by atoms with E-state index < -0.39 is 10.7 Å². The van der Waals surface area contributed by atoms with Crippen LogP contribution in [0.4, 0.5) is 0 Å². The summed E-state index contributed by atoms with van der Waals surface area (Å²) in [6.07, 6.45) is 7.21. The predicted molar refractivity (Wildman–Crippen MR) is 57.6 cm³/mol. The van der Waals surface area contributed by atoms with Crippen molar-refractivity contribution in [3.8, 4) is 0 Å². The van der Waals surface area contributed by atoms with Crippen LogP contribution in [0, 0.1) is 5.92 Å². The van der Waals surface area contributed by atoms with Crippen molar-refractivity contribution < 1.29 is 8.42 Å². The number of allylic oxidation sites excluding steroid dienone is 1. The van der Waals surface area contributed by atoms with Crippen molar-refractivity contribution in [1.29, 1.82) is 0 Å². The van der Waals surface area contributed by atoms with Crippen molar-refractivity contribution in [2.45, 2.75) is 39.0 Å². The zero-order valence-corrected chi connectivity index (χ0v) is 9.26. The van der Waals surface area contributed by atoms with Crippen LogP contribution >= 0.6 is 0 Å². The van der Waals surface area contributed by atoms with E-state index in [-0.39, 0.29) is 0 Å². The molecule has 1 unspecified atom stereocenters. The van der Waals surface area contributed by atoms with Crippen LogP contribution in [0.15, 0.2) is 12.7 Å². The van der Waals surface area contributed by atoms with Crippen LogP contribution < -0.4 is 0 Å². The standard InChI is InChI=1S/C10H20O2S/c1-3-5-6-7-8-10(4-2)9-13(11)12/h3,10,13H,1,4-9H2,2H3. The van der Waals surface area contributed by atoms with E-state index in [1.54, 1.807) is 0 Å². The largest absolute Gasteiger partial charge is 0.232 e. The predicted octanol–water partition coefficient (Wildman–Crippen LogP) is 2.37. The molecule has 0 aliphatic carbocycles. The van der Waals surface area contributed by atoms with E-state index in [9.17, 15) is 8.42 Å². The highest BCUT2D eigenvalue weighted by molar-refractivity contribution is 7.72. The average Bonchev–Trinajstić information content (AvgIpc) is 2.09. The normalized spacial score (nSPS) is 13.1. The fraction of sp³-hybridized carbons (Fsp3) is 0.800. The number of unbranched alkanes of at least 4 members (excludes halogenated alkanes) is 2.